The molecule has 0 aliphatic rings. The van der Waals surface area contributed by atoms with Crippen molar-refractivity contribution >= 4 is 11.4 Å². The molecule has 0 bridgehead atoms. The highest BCUT2D eigenvalue weighted by molar-refractivity contribution is 5.70. The quantitative estimate of drug-likeness (QED) is 0.682. The predicted octanol–water partition coefficient (Wildman–Crippen LogP) is 5.09. The van der Waals surface area contributed by atoms with Crippen LogP contribution >= 0.6 is 0 Å². The Hall–Kier alpha value is -2.74. The van der Waals surface area contributed by atoms with Crippen LogP contribution in [0, 0.1) is 0 Å². The van der Waals surface area contributed by atoms with Gasteiger partial charge in [0.15, 0.2) is 0 Å². The number of hydrogen-bond donors (Lipinski definition) is 0. The first-order valence-corrected chi connectivity index (χ1v) is 6.74. The number of hydrogen-bond acceptors (Lipinski definition) is 2. The molecule has 2 rings (SSSR count). The highest BCUT2D eigenvalue weighted by Gasteiger charge is 2.11. The Bertz CT molecular complexity index is 626. The van der Waals surface area contributed by atoms with Gasteiger partial charge < -0.3 is 9.64 Å². The molecule has 0 saturated carbocycles. The van der Waals surface area contributed by atoms with Crippen LogP contribution in [0.2, 0.25) is 0 Å². The second-order valence-corrected chi connectivity index (χ2v) is 4.40. The highest BCUT2D eigenvalue weighted by Crippen LogP contribution is 2.31. The molecule has 0 aliphatic heterocycles. The summed E-state index contributed by atoms with van der Waals surface area (Å²) in [5.74, 6) is 0.833. The van der Waals surface area contributed by atoms with Gasteiger partial charge in [-0.3, -0.25) is 0 Å². The third-order valence-corrected chi connectivity index (χ3v) is 3.10. The fourth-order valence-electron chi connectivity index (χ4n) is 2.11. The minimum absolute atomic E-state index is 0.833. The molecule has 2 heteroatoms. The van der Waals surface area contributed by atoms with E-state index < -0.39 is 0 Å². The van der Waals surface area contributed by atoms with Gasteiger partial charge in [0.05, 0.1) is 7.11 Å². The van der Waals surface area contributed by atoms with E-state index in [1.165, 1.54) is 0 Å². The van der Waals surface area contributed by atoms with Gasteiger partial charge in [0.2, 0.25) is 0 Å². The zero-order valence-electron chi connectivity index (χ0n) is 12.2. The van der Waals surface area contributed by atoms with Crippen LogP contribution in [0.1, 0.15) is 0 Å². The Morgan fingerprint density at radius 2 is 1.57 bits per heavy atom. The molecule has 0 fully saturated rings. The average Bonchev–Trinajstić information content (AvgIpc) is 2.56. The zero-order chi connectivity index (χ0) is 15.1. The maximum absolute atomic E-state index is 5.22. The third kappa shape index (κ3) is 3.42. The van der Waals surface area contributed by atoms with Gasteiger partial charge in [-0.25, -0.2) is 0 Å². The molecule has 0 heterocycles. The van der Waals surface area contributed by atoms with E-state index >= 15 is 0 Å². The number of para-hydroxylation sites is 1. The Morgan fingerprint density at radius 1 is 0.952 bits per heavy atom. The van der Waals surface area contributed by atoms with Crippen molar-refractivity contribution in [3.8, 4) is 5.75 Å². The highest BCUT2D eigenvalue weighted by atomic mass is 16.5. The van der Waals surface area contributed by atoms with Crippen molar-refractivity contribution < 1.29 is 4.74 Å². The van der Waals surface area contributed by atoms with E-state index in [9.17, 15) is 0 Å². The SMILES string of the molecule is C=C/C=C(\C=C)N(c1ccccc1)c1ccc(OC)cc1. The average molecular weight is 277 g/mol. The molecule has 2 aromatic rings. The van der Waals surface area contributed by atoms with Crippen LogP contribution in [0.25, 0.3) is 0 Å². The van der Waals surface area contributed by atoms with E-state index in [4.69, 9.17) is 4.74 Å². The molecule has 0 radical (unpaired) electrons. The van der Waals surface area contributed by atoms with E-state index in [1.54, 1.807) is 13.2 Å². The number of methoxy groups -OCH3 is 1. The van der Waals surface area contributed by atoms with Crippen molar-refractivity contribution in [2.75, 3.05) is 12.0 Å². The summed E-state index contributed by atoms with van der Waals surface area (Å²) >= 11 is 0. The fourth-order valence-corrected chi connectivity index (χ4v) is 2.11. The second kappa shape index (κ2) is 7.15. The Labute approximate surface area is 126 Å². The molecule has 2 aromatic carbocycles. The number of nitrogens with zero attached hydrogens (tertiary/aromatic N) is 1. The summed E-state index contributed by atoms with van der Waals surface area (Å²) < 4.78 is 5.22. The summed E-state index contributed by atoms with van der Waals surface area (Å²) in [6, 6.07) is 18.1. The normalized spacial score (nSPS) is 10.8. The van der Waals surface area contributed by atoms with Crippen LogP contribution in [0.3, 0.4) is 0 Å². The van der Waals surface area contributed by atoms with E-state index in [0.717, 1.165) is 22.8 Å². The lowest BCUT2D eigenvalue weighted by atomic mass is 10.2. The smallest absolute Gasteiger partial charge is 0.119 e. The van der Waals surface area contributed by atoms with Crippen LogP contribution < -0.4 is 9.64 Å². The summed E-state index contributed by atoms with van der Waals surface area (Å²) in [5.41, 5.74) is 3.06. The number of benzene rings is 2. The van der Waals surface area contributed by atoms with Crippen LogP contribution in [0.15, 0.2) is 91.7 Å². The van der Waals surface area contributed by atoms with E-state index in [0.29, 0.717) is 0 Å². The Morgan fingerprint density at radius 3 is 2.10 bits per heavy atom. The molecule has 2 nitrogen and oxygen atoms in total. The Balaban J connectivity index is 2.51. The van der Waals surface area contributed by atoms with Crippen molar-refractivity contribution in [3.05, 3.63) is 91.7 Å². The van der Waals surface area contributed by atoms with Crippen LogP contribution in [-0.2, 0) is 0 Å². The third-order valence-electron chi connectivity index (χ3n) is 3.10. The Kier molecular flexibility index (Phi) is 4.99. The number of ether oxygens (including phenoxy) is 1. The largest absolute Gasteiger partial charge is 0.497 e. The first kappa shape index (κ1) is 14.7. The van der Waals surface area contributed by atoms with Crippen molar-refractivity contribution in [1.29, 1.82) is 0 Å². The van der Waals surface area contributed by atoms with E-state index in [-0.39, 0.29) is 0 Å². The predicted molar refractivity (Wildman–Crippen MR) is 90.1 cm³/mol. The van der Waals surface area contributed by atoms with Gasteiger partial charge in [-0.2, -0.15) is 0 Å². The maximum atomic E-state index is 5.22. The number of rotatable bonds is 6. The minimum Gasteiger partial charge on any atom is -0.497 e. The topological polar surface area (TPSA) is 12.5 Å². The standard InChI is InChI=1S/C19H19NO/c1-4-9-16(5-2)20(17-10-7-6-8-11-17)18-12-14-19(21-3)15-13-18/h4-15H,1-2H2,3H3/b16-9+. The molecule has 0 aromatic heterocycles. The van der Waals surface area contributed by atoms with Gasteiger partial charge in [0.1, 0.15) is 5.75 Å². The molecule has 0 unspecified atom stereocenters. The van der Waals surface area contributed by atoms with Crippen molar-refractivity contribution in [3.63, 3.8) is 0 Å². The van der Waals surface area contributed by atoms with E-state index in [1.807, 2.05) is 54.6 Å². The van der Waals surface area contributed by atoms with Gasteiger partial charge in [0, 0.05) is 17.1 Å². The molecule has 21 heavy (non-hydrogen) atoms. The molecule has 0 amide bonds. The van der Waals surface area contributed by atoms with Crippen molar-refractivity contribution in [2.24, 2.45) is 0 Å². The molecule has 0 N–H and O–H groups in total. The summed E-state index contributed by atoms with van der Waals surface area (Å²) in [6.07, 6.45) is 5.51. The van der Waals surface area contributed by atoms with Gasteiger partial charge >= 0.3 is 0 Å². The lowest BCUT2D eigenvalue weighted by Gasteiger charge is -2.26. The van der Waals surface area contributed by atoms with Gasteiger partial charge in [0.25, 0.3) is 0 Å². The molecule has 0 spiro atoms. The molecule has 106 valence electrons. The fraction of sp³-hybridized carbons (Fsp3) is 0.0526. The molecular weight excluding hydrogens is 258 g/mol. The second-order valence-electron chi connectivity index (χ2n) is 4.40. The molecular formula is C19H19NO. The number of allylic oxidation sites excluding steroid dienone is 3. The molecule has 0 aliphatic carbocycles. The lowest BCUT2D eigenvalue weighted by molar-refractivity contribution is 0.415. The van der Waals surface area contributed by atoms with Crippen molar-refractivity contribution in [1.82, 2.24) is 0 Å². The summed E-state index contributed by atoms with van der Waals surface area (Å²) in [7, 11) is 1.66. The van der Waals surface area contributed by atoms with Gasteiger partial charge in [-0.1, -0.05) is 37.4 Å². The van der Waals surface area contributed by atoms with Crippen molar-refractivity contribution in [2.45, 2.75) is 0 Å². The van der Waals surface area contributed by atoms with E-state index in [2.05, 4.69) is 30.2 Å². The number of anilines is 2. The zero-order valence-corrected chi connectivity index (χ0v) is 12.2. The van der Waals surface area contributed by atoms with Gasteiger partial charge in [-0.15, -0.1) is 0 Å². The molecule has 0 atom stereocenters. The summed E-state index contributed by atoms with van der Waals surface area (Å²) in [4.78, 5) is 2.12. The minimum atomic E-state index is 0.833. The van der Waals surface area contributed by atoms with Gasteiger partial charge in [-0.05, 0) is 48.6 Å². The summed E-state index contributed by atoms with van der Waals surface area (Å²) in [6.45, 7) is 7.68. The first-order chi connectivity index (χ1) is 10.3. The lowest BCUT2D eigenvalue weighted by Crippen LogP contribution is -2.14. The summed E-state index contributed by atoms with van der Waals surface area (Å²) in [5, 5.41) is 0. The van der Waals surface area contributed by atoms with Crippen LogP contribution in [-0.4, -0.2) is 7.11 Å². The molecule has 0 saturated heterocycles. The van der Waals surface area contributed by atoms with Crippen LogP contribution in [0.4, 0.5) is 11.4 Å². The monoisotopic (exact) mass is 277 g/mol. The van der Waals surface area contributed by atoms with Crippen LogP contribution in [0.5, 0.6) is 5.75 Å². The first-order valence-electron chi connectivity index (χ1n) is 6.74. The maximum Gasteiger partial charge on any atom is 0.119 e.